The molecule has 0 spiro atoms. The summed E-state index contributed by atoms with van der Waals surface area (Å²) in [5.74, 6) is -1.31. The minimum absolute atomic E-state index is 0.0128. The van der Waals surface area contributed by atoms with Gasteiger partial charge in [0, 0.05) is 17.8 Å². The van der Waals surface area contributed by atoms with Crippen molar-refractivity contribution in [2.24, 2.45) is 0 Å². The van der Waals surface area contributed by atoms with Gasteiger partial charge in [0.1, 0.15) is 0 Å². The molecule has 2 heterocycles. The fourth-order valence-corrected chi connectivity index (χ4v) is 3.91. The summed E-state index contributed by atoms with van der Waals surface area (Å²) in [4.78, 5) is 25.0. The molecule has 1 aromatic heterocycles. The van der Waals surface area contributed by atoms with Crippen LogP contribution >= 0.6 is 0 Å². The van der Waals surface area contributed by atoms with Crippen LogP contribution in [0.25, 0.3) is 0 Å². The average Bonchev–Trinajstić information content (AvgIpc) is 2.76. The number of rotatable bonds is 5. The molecule has 1 atom stereocenters. The molecule has 1 unspecified atom stereocenters. The Hall–Kier alpha value is -2.36. The number of hydrogen-bond donors (Lipinski definition) is 1. The molecule has 1 aliphatic heterocycles. The van der Waals surface area contributed by atoms with Gasteiger partial charge in [-0.3, -0.25) is 9.59 Å². The minimum Gasteiger partial charge on any atom is -0.481 e. The molecule has 132 valence electrons. The van der Waals surface area contributed by atoms with E-state index in [1.165, 1.54) is 0 Å². The molecule has 4 nitrogen and oxygen atoms in total. The van der Waals surface area contributed by atoms with E-state index in [4.69, 9.17) is 0 Å². The smallest absolute Gasteiger partial charge is 0.312 e. The summed E-state index contributed by atoms with van der Waals surface area (Å²) in [7, 11) is 0. The molecule has 1 aromatic carbocycles. The first kappa shape index (κ1) is 17.5. The van der Waals surface area contributed by atoms with Crippen molar-refractivity contribution in [3.8, 4) is 0 Å². The van der Waals surface area contributed by atoms with E-state index in [1.807, 2.05) is 41.8 Å². The molecule has 0 fully saturated rings. The van der Waals surface area contributed by atoms with Crippen LogP contribution in [0.3, 0.4) is 0 Å². The summed E-state index contributed by atoms with van der Waals surface area (Å²) in [6.45, 7) is 4.73. The topological polar surface area (TPSA) is 59.3 Å². The number of nitrogens with zero attached hydrogens (tertiary/aromatic N) is 1. The highest BCUT2D eigenvalue weighted by molar-refractivity contribution is 6.10. The van der Waals surface area contributed by atoms with Crippen molar-refractivity contribution in [2.75, 3.05) is 0 Å². The van der Waals surface area contributed by atoms with E-state index < -0.39 is 11.9 Å². The van der Waals surface area contributed by atoms with Gasteiger partial charge in [-0.1, -0.05) is 44.0 Å². The van der Waals surface area contributed by atoms with Crippen molar-refractivity contribution in [3.05, 3.63) is 58.4 Å². The van der Waals surface area contributed by atoms with E-state index in [0.717, 1.165) is 48.1 Å². The second-order valence-corrected chi connectivity index (χ2v) is 6.88. The Morgan fingerprint density at radius 3 is 2.72 bits per heavy atom. The number of ketones is 1. The molecule has 0 saturated carbocycles. The van der Waals surface area contributed by atoms with Crippen molar-refractivity contribution in [2.45, 2.75) is 58.4 Å². The normalized spacial score (nSPS) is 17.0. The van der Waals surface area contributed by atoms with E-state index in [0.29, 0.717) is 18.7 Å². The quantitative estimate of drug-likeness (QED) is 0.825. The first-order valence-electron chi connectivity index (χ1n) is 9.10. The molecule has 2 aromatic rings. The van der Waals surface area contributed by atoms with Gasteiger partial charge in [-0.2, -0.15) is 0 Å². The van der Waals surface area contributed by atoms with Gasteiger partial charge >= 0.3 is 5.97 Å². The third kappa shape index (κ3) is 3.26. The second kappa shape index (κ2) is 7.26. The van der Waals surface area contributed by atoms with Crippen molar-refractivity contribution in [1.29, 1.82) is 0 Å². The van der Waals surface area contributed by atoms with Gasteiger partial charge in [0.05, 0.1) is 11.6 Å². The summed E-state index contributed by atoms with van der Waals surface area (Å²) >= 11 is 0. The fraction of sp³-hybridized carbons (Fsp3) is 0.429. The van der Waals surface area contributed by atoms with Gasteiger partial charge in [0.2, 0.25) is 5.78 Å². The van der Waals surface area contributed by atoms with Crippen LogP contribution in [-0.4, -0.2) is 21.4 Å². The lowest BCUT2D eigenvalue weighted by atomic mass is 9.97. The molecule has 0 saturated heterocycles. The van der Waals surface area contributed by atoms with Gasteiger partial charge in [-0.05, 0) is 43.4 Å². The van der Waals surface area contributed by atoms with E-state index in [-0.39, 0.29) is 5.78 Å². The fourth-order valence-electron chi connectivity index (χ4n) is 3.91. The molecule has 25 heavy (non-hydrogen) atoms. The van der Waals surface area contributed by atoms with E-state index in [2.05, 4.69) is 6.92 Å². The Balaban J connectivity index is 2.10. The Labute approximate surface area is 148 Å². The van der Waals surface area contributed by atoms with Gasteiger partial charge < -0.3 is 9.67 Å². The number of aliphatic carboxylic acids is 1. The Kier molecular flexibility index (Phi) is 5.07. The van der Waals surface area contributed by atoms with Crippen molar-refractivity contribution >= 4 is 11.8 Å². The van der Waals surface area contributed by atoms with Crippen LogP contribution in [-0.2, 0) is 17.8 Å². The number of carbonyl (C=O) groups is 2. The van der Waals surface area contributed by atoms with Gasteiger partial charge in [0.15, 0.2) is 0 Å². The van der Waals surface area contributed by atoms with Crippen molar-refractivity contribution in [1.82, 2.24) is 4.57 Å². The summed E-state index contributed by atoms with van der Waals surface area (Å²) < 4.78 is 1.96. The van der Waals surface area contributed by atoms with Crippen LogP contribution in [0.1, 0.15) is 71.4 Å². The lowest BCUT2D eigenvalue weighted by Crippen LogP contribution is -2.17. The highest BCUT2D eigenvalue weighted by Gasteiger charge is 2.30. The van der Waals surface area contributed by atoms with Crippen LogP contribution in [0.4, 0.5) is 0 Å². The molecule has 0 radical (unpaired) electrons. The number of hydrogen-bond acceptors (Lipinski definition) is 2. The first-order chi connectivity index (χ1) is 12.0. The number of carboxylic acids is 1. The van der Waals surface area contributed by atoms with Crippen LogP contribution in [0.2, 0.25) is 0 Å². The monoisotopic (exact) mass is 339 g/mol. The van der Waals surface area contributed by atoms with Crippen LogP contribution in [0.15, 0.2) is 30.3 Å². The lowest BCUT2D eigenvalue weighted by molar-refractivity contribution is -0.139. The summed E-state index contributed by atoms with van der Waals surface area (Å²) in [5.41, 5.74) is 4.11. The second-order valence-electron chi connectivity index (χ2n) is 6.88. The minimum atomic E-state index is -0.800. The van der Waals surface area contributed by atoms with E-state index in [1.54, 1.807) is 0 Å². The SMILES string of the molecule is CCCc1ccccc1C(=O)c1c(C)cc2n1CCCCC2C(=O)O. The first-order valence-corrected chi connectivity index (χ1v) is 9.10. The lowest BCUT2D eigenvalue weighted by Gasteiger charge is -2.15. The van der Waals surface area contributed by atoms with Crippen molar-refractivity contribution < 1.29 is 14.7 Å². The van der Waals surface area contributed by atoms with Gasteiger partial charge in [0.25, 0.3) is 0 Å². The van der Waals surface area contributed by atoms with Gasteiger partial charge in [-0.25, -0.2) is 0 Å². The summed E-state index contributed by atoms with van der Waals surface area (Å²) in [6.07, 6.45) is 4.27. The zero-order valence-electron chi connectivity index (χ0n) is 14.9. The van der Waals surface area contributed by atoms with E-state index >= 15 is 0 Å². The molecule has 3 rings (SSSR count). The average molecular weight is 339 g/mol. The predicted octanol–water partition coefficient (Wildman–Crippen LogP) is 4.33. The molecular weight excluding hydrogens is 314 g/mol. The number of carboxylic acid groups (broad SMARTS) is 1. The van der Waals surface area contributed by atoms with Crippen LogP contribution in [0, 0.1) is 6.92 Å². The Morgan fingerprint density at radius 2 is 2.00 bits per heavy atom. The number of carbonyl (C=O) groups excluding carboxylic acids is 1. The predicted molar refractivity (Wildman–Crippen MR) is 97.3 cm³/mol. The third-order valence-corrected chi connectivity index (χ3v) is 5.10. The van der Waals surface area contributed by atoms with Gasteiger partial charge in [-0.15, -0.1) is 0 Å². The van der Waals surface area contributed by atoms with Crippen LogP contribution < -0.4 is 0 Å². The van der Waals surface area contributed by atoms with E-state index in [9.17, 15) is 14.7 Å². The zero-order valence-corrected chi connectivity index (χ0v) is 14.9. The molecule has 0 aliphatic carbocycles. The molecule has 0 bridgehead atoms. The summed E-state index contributed by atoms with van der Waals surface area (Å²) in [6, 6.07) is 9.66. The molecule has 1 aliphatic rings. The highest BCUT2D eigenvalue weighted by atomic mass is 16.4. The number of aromatic nitrogens is 1. The van der Waals surface area contributed by atoms with Crippen molar-refractivity contribution in [3.63, 3.8) is 0 Å². The molecule has 1 N–H and O–H groups in total. The molecule has 0 amide bonds. The number of fused-ring (bicyclic) bond motifs is 1. The summed E-state index contributed by atoms with van der Waals surface area (Å²) in [5, 5.41) is 9.58. The maximum Gasteiger partial charge on any atom is 0.312 e. The largest absolute Gasteiger partial charge is 0.481 e. The Morgan fingerprint density at radius 1 is 1.24 bits per heavy atom. The molecular formula is C21H25NO3. The third-order valence-electron chi connectivity index (χ3n) is 5.10. The number of aryl methyl sites for hydroxylation is 2. The Bertz CT molecular complexity index is 803. The van der Waals surface area contributed by atoms with Crippen LogP contribution in [0.5, 0.6) is 0 Å². The molecule has 4 heteroatoms. The maximum absolute atomic E-state index is 13.3. The number of benzene rings is 1. The standard InChI is InChI=1S/C21H25NO3/c1-3-8-15-9-4-5-10-16(15)20(23)19-14(2)13-18-17(21(24)25)11-6-7-12-22(18)19/h4-5,9-10,13,17H,3,6-8,11-12H2,1-2H3,(H,24,25). The maximum atomic E-state index is 13.3. The highest BCUT2D eigenvalue weighted by Crippen LogP contribution is 2.32. The zero-order chi connectivity index (χ0) is 18.0.